The molecule has 2 heterocycles. The Bertz CT molecular complexity index is 1130. The molecule has 1 fully saturated rings. The molecule has 0 aliphatic carbocycles. The van der Waals surface area contributed by atoms with Gasteiger partial charge in [-0.1, -0.05) is 30.3 Å². The maximum atomic E-state index is 13.2. The van der Waals surface area contributed by atoms with Crippen molar-refractivity contribution in [1.29, 1.82) is 0 Å². The number of hydrogen-bond acceptors (Lipinski definition) is 4. The third-order valence-corrected chi connectivity index (χ3v) is 6.45. The van der Waals surface area contributed by atoms with E-state index in [0.29, 0.717) is 13.0 Å². The van der Waals surface area contributed by atoms with E-state index >= 15 is 0 Å². The van der Waals surface area contributed by atoms with Gasteiger partial charge in [0.15, 0.2) is 0 Å². The molecule has 2 aromatic carbocycles. The fourth-order valence-electron chi connectivity index (χ4n) is 4.64. The van der Waals surface area contributed by atoms with E-state index in [2.05, 4.69) is 21.2 Å². The molecule has 4 N–H and O–H groups in total. The first-order chi connectivity index (χ1) is 16.4. The maximum absolute atomic E-state index is 13.2. The highest BCUT2D eigenvalue weighted by Gasteiger charge is 2.27. The number of H-pyrrole nitrogens is 1. The van der Waals surface area contributed by atoms with Gasteiger partial charge < -0.3 is 15.2 Å². The first kappa shape index (κ1) is 23.9. The lowest BCUT2D eigenvalue weighted by atomic mass is 9.99. The Hall–Kier alpha value is -3.23. The first-order valence-electron chi connectivity index (χ1n) is 11.7. The maximum Gasteiger partial charge on any atom is 0.245 e. The van der Waals surface area contributed by atoms with Crippen LogP contribution in [0.4, 0.5) is 4.39 Å². The molecular formula is C26H32FN5O2. The number of carbonyl (C=O) groups is 2. The molecule has 3 unspecified atom stereocenters. The van der Waals surface area contributed by atoms with Crippen molar-refractivity contribution in [3.05, 3.63) is 71.7 Å². The zero-order valence-corrected chi connectivity index (χ0v) is 19.6. The fraction of sp³-hybridized carbons (Fsp3) is 0.385. The van der Waals surface area contributed by atoms with E-state index in [1.807, 2.05) is 30.5 Å². The zero-order valence-electron chi connectivity index (χ0n) is 19.6. The first-order valence-corrected chi connectivity index (χ1v) is 11.7. The average molecular weight is 466 g/mol. The predicted molar refractivity (Wildman–Crippen MR) is 130 cm³/mol. The van der Waals surface area contributed by atoms with E-state index in [0.717, 1.165) is 41.3 Å². The Morgan fingerprint density at radius 2 is 1.91 bits per heavy atom. The third kappa shape index (κ3) is 5.81. The Labute approximate surface area is 199 Å². The van der Waals surface area contributed by atoms with E-state index < -0.39 is 6.04 Å². The molecule has 0 saturated carbocycles. The molecule has 4 rings (SSSR count). The number of nitrogens with one attached hydrogen (secondary N) is 4. The highest BCUT2D eigenvalue weighted by Crippen LogP contribution is 2.24. The van der Waals surface area contributed by atoms with Crippen LogP contribution in [-0.4, -0.2) is 47.4 Å². The Kier molecular flexibility index (Phi) is 7.59. The standard InChI is InChI=1S/C26H32FN5O2/c1-17(33)29-25(14-19-16-28-23-8-4-3-7-22(19)23)26(34)32(2)13-5-6-21-15-24(31-30-21)18-9-11-20(27)12-10-18/h3-4,7-12,16,21,24-25,28,30-31H,5-6,13-15H2,1-2H3,(H,29,33). The highest BCUT2D eigenvalue weighted by atomic mass is 19.1. The number of nitrogens with zero attached hydrogens (tertiary/aromatic N) is 1. The van der Waals surface area contributed by atoms with Gasteiger partial charge in [0.05, 0.1) is 0 Å². The number of halogens is 1. The minimum atomic E-state index is -0.615. The van der Waals surface area contributed by atoms with Crippen molar-refractivity contribution in [2.45, 2.75) is 50.7 Å². The van der Waals surface area contributed by atoms with Crippen molar-refractivity contribution >= 4 is 22.7 Å². The summed E-state index contributed by atoms with van der Waals surface area (Å²) in [5, 5.41) is 3.89. The zero-order chi connectivity index (χ0) is 24.1. The molecule has 0 bridgehead atoms. The molecule has 180 valence electrons. The van der Waals surface area contributed by atoms with Gasteiger partial charge in [0.2, 0.25) is 11.8 Å². The summed E-state index contributed by atoms with van der Waals surface area (Å²) in [5.41, 5.74) is 9.66. The normalized spacial score (nSPS) is 18.7. The lowest BCUT2D eigenvalue weighted by molar-refractivity contribution is -0.135. The van der Waals surface area contributed by atoms with Crippen LogP contribution >= 0.6 is 0 Å². The number of para-hydroxylation sites is 1. The molecule has 2 amide bonds. The summed E-state index contributed by atoms with van der Waals surface area (Å²) >= 11 is 0. The Balaban J connectivity index is 1.29. The largest absolute Gasteiger partial charge is 0.361 e. The molecule has 1 saturated heterocycles. The predicted octanol–water partition coefficient (Wildman–Crippen LogP) is 3.20. The molecule has 1 aromatic heterocycles. The number of fused-ring (bicyclic) bond motifs is 1. The molecule has 0 radical (unpaired) electrons. The van der Waals surface area contributed by atoms with Gasteiger partial charge in [-0.3, -0.25) is 20.4 Å². The molecule has 0 spiro atoms. The SMILES string of the molecule is CC(=O)NC(Cc1c[nH]c2ccccc12)C(=O)N(C)CCCC1CC(c2ccc(F)cc2)NN1. The van der Waals surface area contributed by atoms with E-state index in [-0.39, 0.29) is 29.7 Å². The minimum Gasteiger partial charge on any atom is -0.361 e. The second-order valence-electron chi connectivity index (χ2n) is 9.04. The number of aromatic amines is 1. The number of likely N-dealkylation sites (N-methyl/N-ethyl adjacent to an activating group) is 1. The second-order valence-corrected chi connectivity index (χ2v) is 9.04. The molecule has 7 nitrogen and oxygen atoms in total. The van der Waals surface area contributed by atoms with Gasteiger partial charge in [0, 0.05) is 56.1 Å². The third-order valence-electron chi connectivity index (χ3n) is 6.45. The van der Waals surface area contributed by atoms with E-state index in [1.54, 1.807) is 24.1 Å². The van der Waals surface area contributed by atoms with E-state index in [9.17, 15) is 14.0 Å². The van der Waals surface area contributed by atoms with Crippen LogP contribution in [0.25, 0.3) is 10.9 Å². The molecule has 3 atom stereocenters. The van der Waals surface area contributed by atoms with Crippen LogP contribution in [0.1, 0.15) is 43.4 Å². The lowest BCUT2D eigenvalue weighted by Gasteiger charge is -2.24. The quantitative estimate of drug-likeness (QED) is 0.391. The van der Waals surface area contributed by atoms with Crippen LogP contribution in [0.2, 0.25) is 0 Å². The van der Waals surface area contributed by atoms with E-state index in [1.165, 1.54) is 19.1 Å². The van der Waals surface area contributed by atoms with Crippen molar-refractivity contribution in [3.8, 4) is 0 Å². The number of rotatable bonds is 9. The van der Waals surface area contributed by atoms with Crippen molar-refractivity contribution in [3.63, 3.8) is 0 Å². The molecule has 1 aliphatic rings. The van der Waals surface area contributed by atoms with Crippen LogP contribution in [-0.2, 0) is 16.0 Å². The van der Waals surface area contributed by atoms with E-state index in [4.69, 9.17) is 0 Å². The number of benzene rings is 2. The summed E-state index contributed by atoms with van der Waals surface area (Å²) in [6.45, 7) is 2.04. The molecule has 34 heavy (non-hydrogen) atoms. The highest BCUT2D eigenvalue weighted by molar-refractivity contribution is 5.89. The van der Waals surface area contributed by atoms with Crippen LogP contribution in [0.5, 0.6) is 0 Å². The van der Waals surface area contributed by atoms with Crippen LogP contribution in [0.3, 0.4) is 0 Å². The number of hydrogen-bond donors (Lipinski definition) is 4. The van der Waals surface area contributed by atoms with Gasteiger partial charge in [0.25, 0.3) is 0 Å². The summed E-state index contributed by atoms with van der Waals surface area (Å²) in [5.74, 6) is -0.553. The summed E-state index contributed by atoms with van der Waals surface area (Å²) in [4.78, 5) is 29.9. The van der Waals surface area contributed by atoms with Crippen molar-refractivity contribution in [2.24, 2.45) is 0 Å². The van der Waals surface area contributed by atoms with Gasteiger partial charge in [0.1, 0.15) is 11.9 Å². The van der Waals surface area contributed by atoms with Gasteiger partial charge >= 0.3 is 0 Å². The molecule has 1 aliphatic heterocycles. The van der Waals surface area contributed by atoms with Crippen LogP contribution < -0.4 is 16.2 Å². The van der Waals surface area contributed by atoms with Crippen molar-refractivity contribution < 1.29 is 14.0 Å². The minimum absolute atomic E-state index is 0.0952. The number of carbonyl (C=O) groups excluding carboxylic acids is 2. The van der Waals surface area contributed by atoms with Gasteiger partial charge in [-0.15, -0.1) is 0 Å². The van der Waals surface area contributed by atoms with Crippen LogP contribution in [0.15, 0.2) is 54.7 Å². The average Bonchev–Trinajstić information content (AvgIpc) is 3.46. The van der Waals surface area contributed by atoms with Crippen molar-refractivity contribution in [2.75, 3.05) is 13.6 Å². The van der Waals surface area contributed by atoms with Gasteiger partial charge in [-0.2, -0.15) is 0 Å². The fourth-order valence-corrected chi connectivity index (χ4v) is 4.64. The van der Waals surface area contributed by atoms with Crippen LogP contribution in [0, 0.1) is 5.82 Å². The molecule has 3 aromatic rings. The summed E-state index contributed by atoms with van der Waals surface area (Å²) in [6, 6.07) is 14.3. The van der Waals surface area contributed by atoms with Crippen molar-refractivity contribution in [1.82, 2.24) is 26.1 Å². The number of aromatic nitrogens is 1. The topological polar surface area (TPSA) is 89.3 Å². The van der Waals surface area contributed by atoms with Gasteiger partial charge in [-0.05, 0) is 48.6 Å². The summed E-state index contributed by atoms with van der Waals surface area (Å²) in [7, 11) is 1.79. The lowest BCUT2D eigenvalue weighted by Crippen LogP contribution is -2.48. The van der Waals surface area contributed by atoms with Gasteiger partial charge in [-0.25, -0.2) is 4.39 Å². The Morgan fingerprint density at radius 3 is 2.68 bits per heavy atom. The Morgan fingerprint density at radius 1 is 1.15 bits per heavy atom. The summed E-state index contributed by atoms with van der Waals surface area (Å²) in [6.07, 6.45) is 4.97. The summed E-state index contributed by atoms with van der Waals surface area (Å²) < 4.78 is 13.2. The number of amides is 2. The monoisotopic (exact) mass is 465 g/mol. The second kappa shape index (κ2) is 10.8. The molecular weight excluding hydrogens is 433 g/mol. The number of hydrazine groups is 1. The smallest absolute Gasteiger partial charge is 0.245 e. The molecule has 8 heteroatoms.